The molecule has 4 heteroatoms. The van der Waals surface area contributed by atoms with Gasteiger partial charge in [-0.3, -0.25) is 0 Å². The Hall–Kier alpha value is -1.00. The summed E-state index contributed by atoms with van der Waals surface area (Å²) in [5, 5.41) is 3.43. The van der Waals surface area contributed by atoms with Crippen LogP contribution in [0.3, 0.4) is 0 Å². The topological polar surface area (TPSA) is 21.3 Å². The first-order chi connectivity index (χ1) is 9.65. The summed E-state index contributed by atoms with van der Waals surface area (Å²) < 4.78 is 32.2. The molecule has 112 valence electrons. The third-order valence-electron chi connectivity index (χ3n) is 3.75. The van der Waals surface area contributed by atoms with Crippen molar-refractivity contribution in [3.05, 3.63) is 35.4 Å². The Bertz CT molecular complexity index is 434. The van der Waals surface area contributed by atoms with Crippen molar-refractivity contribution in [2.24, 2.45) is 5.92 Å². The van der Waals surface area contributed by atoms with E-state index in [4.69, 9.17) is 4.74 Å². The second-order valence-corrected chi connectivity index (χ2v) is 5.37. The van der Waals surface area contributed by atoms with Gasteiger partial charge in [-0.2, -0.15) is 0 Å². The lowest BCUT2D eigenvalue weighted by Gasteiger charge is -2.28. The Morgan fingerprint density at radius 2 is 2.00 bits per heavy atom. The molecule has 1 aromatic carbocycles. The predicted octanol–water partition coefficient (Wildman–Crippen LogP) is 3.30. The highest BCUT2D eigenvalue weighted by Gasteiger charge is 2.36. The van der Waals surface area contributed by atoms with Gasteiger partial charge in [0.25, 0.3) is 0 Å². The summed E-state index contributed by atoms with van der Waals surface area (Å²) in [6.07, 6.45) is 3.22. The highest BCUT2D eigenvalue weighted by Crippen LogP contribution is 2.36. The van der Waals surface area contributed by atoms with Crippen molar-refractivity contribution in [3.63, 3.8) is 0 Å². The molecular formula is C16H23F2NO. The Morgan fingerprint density at radius 1 is 1.25 bits per heavy atom. The van der Waals surface area contributed by atoms with Crippen LogP contribution in [0, 0.1) is 17.6 Å². The molecule has 1 N–H and O–H groups in total. The number of benzene rings is 1. The van der Waals surface area contributed by atoms with Crippen LogP contribution in [0.2, 0.25) is 0 Å². The molecule has 0 saturated heterocycles. The Balaban J connectivity index is 2.08. The van der Waals surface area contributed by atoms with Crippen LogP contribution in [0.1, 0.15) is 32.3 Å². The molecule has 2 unspecified atom stereocenters. The minimum atomic E-state index is -0.794. The van der Waals surface area contributed by atoms with E-state index in [1.54, 1.807) is 6.07 Å². The first-order valence-electron chi connectivity index (χ1n) is 7.44. The smallest absolute Gasteiger partial charge is 0.159 e. The Kier molecular flexibility index (Phi) is 5.49. The molecule has 2 rings (SSSR count). The first-order valence-corrected chi connectivity index (χ1v) is 7.44. The summed E-state index contributed by atoms with van der Waals surface area (Å²) in [4.78, 5) is 0. The van der Waals surface area contributed by atoms with Crippen LogP contribution in [0.4, 0.5) is 8.78 Å². The van der Waals surface area contributed by atoms with Gasteiger partial charge in [-0.1, -0.05) is 13.0 Å². The van der Waals surface area contributed by atoms with Crippen LogP contribution < -0.4 is 5.32 Å². The fraction of sp³-hybridized carbons (Fsp3) is 0.625. The van der Waals surface area contributed by atoms with E-state index in [0.29, 0.717) is 18.9 Å². The van der Waals surface area contributed by atoms with Gasteiger partial charge in [-0.25, -0.2) is 8.78 Å². The van der Waals surface area contributed by atoms with Crippen molar-refractivity contribution < 1.29 is 13.5 Å². The summed E-state index contributed by atoms with van der Waals surface area (Å²) in [5.74, 6) is -0.973. The molecular weight excluding hydrogens is 260 g/mol. The van der Waals surface area contributed by atoms with Gasteiger partial charge in [-0.15, -0.1) is 0 Å². The van der Waals surface area contributed by atoms with Crippen molar-refractivity contribution in [1.82, 2.24) is 5.32 Å². The summed E-state index contributed by atoms with van der Waals surface area (Å²) >= 11 is 0. The maximum Gasteiger partial charge on any atom is 0.159 e. The zero-order chi connectivity index (χ0) is 14.5. The van der Waals surface area contributed by atoms with Crippen LogP contribution >= 0.6 is 0 Å². The third kappa shape index (κ3) is 4.00. The molecule has 20 heavy (non-hydrogen) atoms. The van der Waals surface area contributed by atoms with E-state index >= 15 is 0 Å². The standard InChI is InChI=1S/C16H23F2NO/c1-3-19-15(16(20-4-2)12-6-7-12)10-11-5-8-13(17)14(18)9-11/h5,8-9,12,15-16,19H,3-4,6-7,10H2,1-2H3. The van der Waals surface area contributed by atoms with Crippen molar-refractivity contribution in [1.29, 1.82) is 0 Å². The summed E-state index contributed by atoms with van der Waals surface area (Å²) in [6, 6.07) is 4.28. The van der Waals surface area contributed by atoms with Crippen molar-refractivity contribution in [2.45, 2.75) is 45.3 Å². The lowest BCUT2D eigenvalue weighted by Crippen LogP contribution is -2.44. The number of hydrogen-bond acceptors (Lipinski definition) is 2. The quantitative estimate of drug-likeness (QED) is 0.790. The van der Waals surface area contributed by atoms with Crippen molar-refractivity contribution >= 4 is 0 Å². The normalized spacial score (nSPS) is 18.0. The van der Waals surface area contributed by atoms with E-state index in [1.165, 1.54) is 25.0 Å². The number of rotatable bonds is 8. The van der Waals surface area contributed by atoms with Gasteiger partial charge in [0.15, 0.2) is 11.6 Å². The van der Waals surface area contributed by atoms with Gasteiger partial charge >= 0.3 is 0 Å². The molecule has 0 aliphatic heterocycles. The van der Waals surface area contributed by atoms with E-state index < -0.39 is 11.6 Å². The number of likely N-dealkylation sites (N-methyl/N-ethyl adjacent to an activating group) is 1. The predicted molar refractivity (Wildman–Crippen MR) is 75.7 cm³/mol. The van der Waals surface area contributed by atoms with Crippen molar-refractivity contribution in [2.75, 3.05) is 13.2 Å². The third-order valence-corrected chi connectivity index (χ3v) is 3.75. The number of nitrogens with one attached hydrogen (secondary N) is 1. The molecule has 1 saturated carbocycles. The van der Waals surface area contributed by atoms with E-state index in [2.05, 4.69) is 5.32 Å². The van der Waals surface area contributed by atoms with E-state index in [1.807, 2.05) is 13.8 Å². The maximum atomic E-state index is 13.3. The van der Waals surface area contributed by atoms with Crippen LogP contribution in [0.25, 0.3) is 0 Å². The van der Waals surface area contributed by atoms with E-state index in [0.717, 1.165) is 12.1 Å². The highest BCUT2D eigenvalue weighted by atomic mass is 19.2. The van der Waals surface area contributed by atoms with Crippen LogP contribution in [0.5, 0.6) is 0 Å². The Morgan fingerprint density at radius 3 is 2.55 bits per heavy atom. The summed E-state index contributed by atoms with van der Waals surface area (Å²) in [6.45, 7) is 5.57. The minimum absolute atomic E-state index is 0.150. The number of hydrogen-bond donors (Lipinski definition) is 1. The molecule has 0 aromatic heterocycles. The largest absolute Gasteiger partial charge is 0.377 e. The van der Waals surface area contributed by atoms with Crippen LogP contribution in [0.15, 0.2) is 18.2 Å². The molecule has 0 spiro atoms. The van der Waals surface area contributed by atoms with Gasteiger partial charge < -0.3 is 10.1 Å². The fourth-order valence-electron chi connectivity index (χ4n) is 2.69. The SMILES string of the molecule is CCNC(Cc1ccc(F)c(F)c1)C(OCC)C1CC1. The second kappa shape index (κ2) is 7.14. The molecule has 0 amide bonds. The van der Waals surface area contributed by atoms with E-state index in [-0.39, 0.29) is 12.1 Å². The minimum Gasteiger partial charge on any atom is -0.377 e. The zero-order valence-electron chi connectivity index (χ0n) is 12.2. The molecule has 2 atom stereocenters. The number of ether oxygens (including phenoxy) is 1. The monoisotopic (exact) mass is 283 g/mol. The summed E-state index contributed by atoms with van der Waals surface area (Å²) in [7, 11) is 0. The van der Waals surface area contributed by atoms with Gasteiger partial charge in [0.2, 0.25) is 0 Å². The average molecular weight is 283 g/mol. The molecule has 0 heterocycles. The summed E-state index contributed by atoms with van der Waals surface area (Å²) in [5.41, 5.74) is 0.806. The van der Waals surface area contributed by atoms with Crippen LogP contribution in [-0.4, -0.2) is 25.3 Å². The number of halogens is 2. The van der Waals surface area contributed by atoms with Gasteiger partial charge in [0, 0.05) is 12.6 Å². The zero-order valence-corrected chi connectivity index (χ0v) is 12.2. The molecule has 1 fully saturated rings. The maximum absolute atomic E-state index is 13.3. The molecule has 1 aliphatic carbocycles. The van der Waals surface area contributed by atoms with Gasteiger partial charge in [0.1, 0.15) is 0 Å². The highest BCUT2D eigenvalue weighted by molar-refractivity contribution is 5.19. The first kappa shape index (κ1) is 15.4. The molecule has 0 bridgehead atoms. The molecule has 2 nitrogen and oxygen atoms in total. The fourth-order valence-corrected chi connectivity index (χ4v) is 2.69. The second-order valence-electron chi connectivity index (χ2n) is 5.37. The van der Waals surface area contributed by atoms with Crippen molar-refractivity contribution in [3.8, 4) is 0 Å². The molecule has 1 aromatic rings. The lowest BCUT2D eigenvalue weighted by molar-refractivity contribution is 0.0196. The van der Waals surface area contributed by atoms with E-state index in [9.17, 15) is 8.78 Å². The Labute approximate surface area is 119 Å². The molecule has 1 aliphatic rings. The average Bonchev–Trinajstić information content (AvgIpc) is 3.24. The van der Waals surface area contributed by atoms with Gasteiger partial charge in [-0.05, 0) is 56.3 Å². The molecule has 0 radical (unpaired) electrons. The lowest BCUT2D eigenvalue weighted by atomic mass is 9.98. The van der Waals surface area contributed by atoms with Gasteiger partial charge in [0.05, 0.1) is 6.10 Å². The van der Waals surface area contributed by atoms with Crippen LogP contribution in [-0.2, 0) is 11.2 Å².